The zero-order chi connectivity index (χ0) is 13.9. The summed E-state index contributed by atoms with van der Waals surface area (Å²) in [6.45, 7) is 4.87. The zero-order valence-electron chi connectivity index (χ0n) is 12.6. The minimum atomic E-state index is 0. The van der Waals surface area contributed by atoms with Crippen molar-refractivity contribution < 1.29 is 4.52 Å². The fraction of sp³-hybridized carbons (Fsp3) is 0.714. The Labute approximate surface area is 142 Å². The minimum Gasteiger partial charge on any atom is -0.359 e. The summed E-state index contributed by atoms with van der Waals surface area (Å²) < 4.78 is 5.18. The van der Waals surface area contributed by atoms with Gasteiger partial charge in [0.05, 0.1) is 12.2 Å². The van der Waals surface area contributed by atoms with Crippen molar-refractivity contribution in [2.45, 2.75) is 44.8 Å². The third-order valence-electron chi connectivity index (χ3n) is 3.95. The molecule has 1 aliphatic heterocycles. The molecule has 118 valence electrons. The molecule has 6 nitrogen and oxygen atoms in total. The monoisotopic (exact) mass is 405 g/mol. The quantitative estimate of drug-likeness (QED) is 0.452. The van der Waals surface area contributed by atoms with Crippen molar-refractivity contribution in [1.29, 1.82) is 0 Å². The molecule has 1 atom stereocenters. The second-order valence-electron chi connectivity index (χ2n) is 5.72. The fourth-order valence-corrected chi connectivity index (χ4v) is 2.73. The van der Waals surface area contributed by atoms with Gasteiger partial charge in [-0.05, 0) is 26.2 Å². The molecule has 2 N–H and O–H groups in total. The van der Waals surface area contributed by atoms with Crippen LogP contribution in [0.5, 0.6) is 0 Å². The largest absolute Gasteiger partial charge is 0.359 e. The van der Waals surface area contributed by atoms with Gasteiger partial charge >= 0.3 is 0 Å². The Morgan fingerprint density at radius 2 is 2.29 bits per heavy atom. The Hall–Kier alpha value is -0.830. The van der Waals surface area contributed by atoms with Gasteiger partial charge in [-0.3, -0.25) is 9.89 Å². The van der Waals surface area contributed by atoms with Gasteiger partial charge in [-0.25, -0.2) is 0 Å². The van der Waals surface area contributed by atoms with Gasteiger partial charge in [-0.1, -0.05) is 5.16 Å². The van der Waals surface area contributed by atoms with Crippen LogP contribution in [0.3, 0.4) is 0 Å². The van der Waals surface area contributed by atoms with E-state index in [1.54, 1.807) is 7.05 Å². The van der Waals surface area contributed by atoms with E-state index in [1.165, 1.54) is 25.8 Å². The maximum absolute atomic E-state index is 5.18. The zero-order valence-corrected chi connectivity index (χ0v) is 15.0. The smallest absolute Gasteiger partial charge is 0.191 e. The summed E-state index contributed by atoms with van der Waals surface area (Å²) in [6, 6.07) is 3.29. The van der Waals surface area contributed by atoms with Gasteiger partial charge in [0, 0.05) is 38.3 Å². The first-order valence-corrected chi connectivity index (χ1v) is 7.38. The van der Waals surface area contributed by atoms with E-state index in [2.05, 4.69) is 25.7 Å². The highest BCUT2D eigenvalue weighted by Crippen LogP contribution is 2.29. The molecule has 0 radical (unpaired) electrons. The van der Waals surface area contributed by atoms with Gasteiger partial charge in [0.25, 0.3) is 0 Å². The first-order chi connectivity index (χ1) is 9.74. The molecular weight excluding hydrogens is 381 g/mol. The summed E-state index contributed by atoms with van der Waals surface area (Å²) in [5.74, 6) is 1.66. The molecule has 0 spiro atoms. The fourth-order valence-electron chi connectivity index (χ4n) is 2.73. The van der Waals surface area contributed by atoms with Crippen molar-refractivity contribution in [3.05, 3.63) is 17.5 Å². The van der Waals surface area contributed by atoms with Crippen LogP contribution in [-0.4, -0.2) is 48.2 Å². The van der Waals surface area contributed by atoms with Gasteiger partial charge in [0.1, 0.15) is 0 Å². The molecule has 1 aromatic heterocycles. The topological polar surface area (TPSA) is 65.7 Å². The molecule has 0 amide bonds. The highest BCUT2D eigenvalue weighted by atomic mass is 127. The maximum atomic E-state index is 5.18. The molecule has 0 bridgehead atoms. The molecule has 2 aliphatic rings. The Morgan fingerprint density at radius 3 is 2.90 bits per heavy atom. The Balaban J connectivity index is 0.00000161. The third kappa shape index (κ3) is 4.57. The molecule has 1 saturated heterocycles. The number of nitrogens with one attached hydrogen (secondary N) is 2. The summed E-state index contributed by atoms with van der Waals surface area (Å²) in [5.41, 5.74) is 0.903. The van der Waals surface area contributed by atoms with Crippen LogP contribution in [0.15, 0.2) is 15.6 Å². The highest BCUT2D eigenvalue weighted by Gasteiger charge is 2.34. The molecule has 2 heterocycles. The predicted molar refractivity (Wildman–Crippen MR) is 93.0 cm³/mol. The summed E-state index contributed by atoms with van der Waals surface area (Å²) in [5, 5.41) is 10.6. The van der Waals surface area contributed by atoms with Gasteiger partial charge < -0.3 is 15.2 Å². The maximum Gasteiger partial charge on any atom is 0.191 e. The molecule has 2 fully saturated rings. The second kappa shape index (κ2) is 7.44. The average molecular weight is 405 g/mol. The highest BCUT2D eigenvalue weighted by molar-refractivity contribution is 14.0. The number of guanidine groups is 1. The summed E-state index contributed by atoms with van der Waals surface area (Å²) in [6.07, 6.45) is 3.95. The Morgan fingerprint density at radius 1 is 1.48 bits per heavy atom. The van der Waals surface area contributed by atoms with Crippen LogP contribution in [0.1, 0.15) is 30.7 Å². The summed E-state index contributed by atoms with van der Waals surface area (Å²) in [4.78, 5) is 6.86. The third-order valence-corrected chi connectivity index (χ3v) is 3.95. The second-order valence-corrected chi connectivity index (χ2v) is 5.72. The number of aryl methyl sites for hydroxylation is 1. The standard InChI is InChI=1S/C14H23N5O.HI/c1-10-7-13(20-18-10)8-16-14(15-2)17-11-5-6-19(9-11)12-3-4-12;/h7,11-12H,3-6,8-9H2,1-2H3,(H2,15,16,17);1H. The number of hydrogen-bond donors (Lipinski definition) is 2. The molecule has 7 heteroatoms. The van der Waals surface area contributed by atoms with E-state index in [-0.39, 0.29) is 24.0 Å². The van der Waals surface area contributed by atoms with Crippen molar-refractivity contribution in [2.75, 3.05) is 20.1 Å². The van der Waals surface area contributed by atoms with Gasteiger partial charge in [-0.2, -0.15) is 0 Å². The minimum absolute atomic E-state index is 0. The van der Waals surface area contributed by atoms with Crippen molar-refractivity contribution in [3.8, 4) is 0 Å². The lowest BCUT2D eigenvalue weighted by Crippen LogP contribution is -2.44. The number of hydrogen-bond acceptors (Lipinski definition) is 4. The van der Waals surface area contributed by atoms with Crippen LogP contribution >= 0.6 is 24.0 Å². The van der Waals surface area contributed by atoms with Gasteiger partial charge in [-0.15, -0.1) is 24.0 Å². The Kier molecular flexibility index (Phi) is 5.86. The van der Waals surface area contributed by atoms with E-state index < -0.39 is 0 Å². The van der Waals surface area contributed by atoms with E-state index in [0.29, 0.717) is 12.6 Å². The molecule has 3 rings (SSSR count). The van der Waals surface area contributed by atoms with Crippen molar-refractivity contribution in [3.63, 3.8) is 0 Å². The number of likely N-dealkylation sites (tertiary alicyclic amines) is 1. The van der Waals surface area contributed by atoms with Gasteiger partial charge in [0.15, 0.2) is 11.7 Å². The molecular formula is C14H24IN5O. The van der Waals surface area contributed by atoms with Crippen LogP contribution in [0, 0.1) is 6.92 Å². The average Bonchev–Trinajstić information content (AvgIpc) is 3.06. The molecule has 1 unspecified atom stereocenters. The van der Waals surface area contributed by atoms with Crippen LogP contribution in [-0.2, 0) is 6.54 Å². The number of nitrogens with zero attached hydrogens (tertiary/aromatic N) is 3. The number of aromatic nitrogens is 1. The van der Waals surface area contributed by atoms with Crippen LogP contribution < -0.4 is 10.6 Å². The van der Waals surface area contributed by atoms with Crippen LogP contribution in [0.2, 0.25) is 0 Å². The molecule has 1 aliphatic carbocycles. The van der Waals surface area contributed by atoms with Crippen molar-refractivity contribution in [1.82, 2.24) is 20.7 Å². The van der Waals surface area contributed by atoms with Crippen molar-refractivity contribution >= 4 is 29.9 Å². The molecule has 0 aromatic carbocycles. The Bertz CT molecular complexity index is 485. The lowest BCUT2D eigenvalue weighted by Gasteiger charge is -2.18. The van der Waals surface area contributed by atoms with E-state index in [0.717, 1.165) is 30.0 Å². The van der Waals surface area contributed by atoms with E-state index >= 15 is 0 Å². The van der Waals surface area contributed by atoms with E-state index in [1.807, 2.05) is 13.0 Å². The summed E-state index contributed by atoms with van der Waals surface area (Å²) >= 11 is 0. The van der Waals surface area contributed by atoms with Crippen LogP contribution in [0.4, 0.5) is 0 Å². The van der Waals surface area contributed by atoms with Gasteiger partial charge in [0.2, 0.25) is 0 Å². The molecule has 21 heavy (non-hydrogen) atoms. The SMILES string of the molecule is CN=C(NCc1cc(C)no1)NC1CCN(C2CC2)C1.I. The van der Waals surface area contributed by atoms with Crippen LogP contribution in [0.25, 0.3) is 0 Å². The first kappa shape index (κ1) is 16.5. The van der Waals surface area contributed by atoms with E-state index in [4.69, 9.17) is 4.52 Å². The predicted octanol–water partition coefficient (Wildman–Crippen LogP) is 1.50. The lowest BCUT2D eigenvalue weighted by atomic mass is 10.3. The summed E-state index contributed by atoms with van der Waals surface area (Å²) in [7, 11) is 1.80. The first-order valence-electron chi connectivity index (χ1n) is 7.38. The normalized spacial score (nSPS) is 23.0. The molecule has 1 aromatic rings. The number of halogens is 1. The lowest BCUT2D eigenvalue weighted by molar-refractivity contribution is 0.321. The number of rotatable bonds is 4. The van der Waals surface area contributed by atoms with E-state index in [9.17, 15) is 0 Å². The number of aliphatic imine (C=N–C) groups is 1. The van der Waals surface area contributed by atoms with Crippen molar-refractivity contribution in [2.24, 2.45) is 4.99 Å². The molecule has 1 saturated carbocycles.